The van der Waals surface area contributed by atoms with Crippen LogP contribution in [0.2, 0.25) is 10.0 Å². The Morgan fingerprint density at radius 2 is 1.59 bits per heavy atom. The lowest BCUT2D eigenvalue weighted by atomic mass is 10.0. The van der Waals surface area contributed by atoms with E-state index in [1.807, 2.05) is 68.4 Å². The van der Waals surface area contributed by atoms with Crippen LogP contribution in [0.15, 0.2) is 77.7 Å². The molecule has 2 amide bonds. The minimum atomic E-state index is -0.708. The van der Waals surface area contributed by atoms with Crippen LogP contribution >= 0.6 is 35.0 Å². The Labute approximate surface area is 215 Å². The van der Waals surface area contributed by atoms with E-state index in [-0.39, 0.29) is 24.1 Å². The maximum Gasteiger partial charge on any atom is 0.243 e. The number of thioether (sulfide) groups is 1. The van der Waals surface area contributed by atoms with E-state index in [0.29, 0.717) is 28.6 Å². The zero-order chi connectivity index (χ0) is 24.5. The molecule has 1 atom stereocenters. The van der Waals surface area contributed by atoms with Crippen molar-refractivity contribution in [1.82, 2.24) is 10.2 Å². The standard InChI is InChI=1S/C27H28Cl2N2O2S/c1-3-30-27(33)25(16-20-8-5-4-6-9-20)31(17-22-23(28)10-7-11-24(22)29)26(32)18-34-21-14-12-19(2)13-15-21/h4-15,25H,3,16-18H2,1-2H3,(H,30,33)/t25-/m0/s1. The first kappa shape index (κ1) is 26.1. The third-order valence-electron chi connectivity index (χ3n) is 5.40. The van der Waals surface area contributed by atoms with Gasteiger partial charge in [0.25, 0.3) is 0 Å². The van der Waals surface area contributed by atoms with Gasteiger partial charge in [-0.1, -0.05) is 77.3 Å². The van der Waals surface area contributed by atoms with Crippen LogP contribution < -0.4 is 5.32 Å². The van der Waals surface area contributed by atoms with E-state index in [2.05, 4.69) is 5.32 Å². The number of halogens is 2. The summed E-state index contributed by atoms with van der Waals surface area (Å²) >= 11 is 14.3. The van der Waals surface area contributed by atoms with Gasteiger partial charge in [-0.3, -0.25) is 9.59 Å². The second kappa shape index (κ2) is 12.8. The molecule has 178 valence electrons. The molecule has 4 nitrogen and oxygen atoms in total. The number of carbonyl (C=O) groups is 2. The van der Waals surface area contributed by atoms with Gasteiger partial charge in [0.05, 0.1) is 5.75 Å². The largest absolute Gasteiger partial charge is 0.355 e. The highest BCUT2D eigenvalue weighted by atomic mass is 35.5. The van der Waals surface area contributed by atoms with Crippen molar-refractivity contribution in [2.24, 2.45) is 0 Å². The molecular formula is C27H28Cl2N2O2S. The fourth-order valence-corrected chi connectivity index (χ4v) is 4.86. The first-order valence-electron chi connectivity index (χ1n) is 11.1. The summed E-state index contributed by atoms with van der Waals surface area (Å²) in [4.78, 5) is 29.4. The molecule has 0 aliphatic heterocycles. The molecule has 0 aromatic heterocycles. The molecule has 0 spiro atoms. The molecule has 3 aromatic rings. The van der Waals surface area contributed by atoms with Crippen molar-refractivity contribution in [3.05, 3.63) is 99.5 Å². The Bertz CT molecular complexity index is 1090. The van der Waals surface area contributed by atoms with Crippen LogP contribution in [-0.4, -0.2) is 35.1 Å². The van der Waals surface area contributed by atoms with Gasteiger partial charge in [0.1, 0.15) is 6.04 Å². The highest BCUT2D eigenvalue weighted by Gasteiger charge is 2.31. The summed E-state index contributed by atoms with van der Waals surface area (Å²) in [5.41, 5.74) is 2.75. The SMILES string of the molecule is CCNC(=O)[C@H](Cc1ccccc1)N(Cc1c(Cl)cccc1Cl)C(=O)CSc1ccc(C)cc1. The molecule has 3 rings (SSSR count). The summed E-state index contributed by atoms with van der Waals surface area (Å²) < 4.78 is 0. The molecule has 34 heavy (non-hydrogen) atoms. The monoisotopic (exact) mass is 514 g/mol. The first-order chi connectivity index (χ1) is 16.4. The van der Waals surface area contributed by atoms with Crippen LogP contribution in [-0.2, 0) is 22.6 Å². The number of nitrogens with zero attached hydrogens (tertiary/aromatic N) is 1. The molecule has 0 heterocycles. The molecule has 0 radical (unpaired) electrons. The van der Waals surface area contributed by atoms with E-state index >= 15 is 0 Å². The van der Waals surface area contributed by atoms with Gasteiger partial charge < -0.3 is 10.2 Å². The number of hydrogen-bond acceptors (Lipinski definition) is 3. The Morgan fingerprint density at radius 1 is 0.941 bits per heavy atom. The number of benzene rings is 3. The van der Waals surface area contributed by atoms with E-state index in [1.54, 1.807) is 23.1 Å². The summed E-state index contributed by atoms with van der Waals surface area (Å²) in [5.74, 6) is -0.174. The van der Waals surface area contributed by atoms with Gasteiger partial charge in [-0.15, -0.1) is 11.8 Å². The lowest BCUT2D eigenvalue weighted by Crippen LogP contribution is -2.51. The van der Waals surface area contributed by atoms with E-state index < -0.39 is 6.04 Å². The summed E-state index contributed by atoms with van der Waals surface area (Å²) in [5, 5.41) is 3.82. The number of aryl methyl sites for hydroxylation is 1. The Morgan fingerprint density at radius 3 is 2.21 bits per heavy atom. The molecule has 0 saturated carbocycles. The highest BCUT2D eigenvalue weighted by molar-refractivity contribution is 8.00. The minimum absolute atomic E-state index is 0.139. The van der Waals surface area contributed by atoms with E-state index in [1.165, 1.54) is 11.8 Å². The summed E-state index contributed by atoms with van der Waals surface area (Å²) in [6.07, 6.45) is 0.385. The molecule has 1 N–H and O–H groups in total. The molecule has 0 bridgehead atoms. The highest BCUT2D eigenvalue weighted by Crippen LogP contribution is 2.28. The van der Waals surface area contributed by atoms with Crippen molar-refractivity contribution < 1.29 is 9.59 Å². The first-order valence-corrected chi connectivity index (χ1v) is 12.9. The molecule has 3 aromatic carbocycles. The third-order valence-corrected chi connectivity index (χ3v) is 7.10. The second-order valence-electron chi connectivity index (χ2n) is 7.92. The van der Waals surface area contributed by atoms with Crippen LogP contribution in [0.5, 0.6) is 0 Å². The molecule has 7 heteroatoms. The van der Waals surface area contributed by atoms with Crippen molar-refractivity contribution in [3.63, 3.8) is 0 Å². The minimum Gasteiger partial charge on any atom is -0.355 e. The normalized spacial score (nSPS) is 11.6. The smallest absolute Gasteiger partial charge is 0.243 e. The summed E-state index contributed by atoms with van der Waals surface area (Å²) in [6.45, 7) is 4.49. The maximum atomic E-state index is 13.6. The third kappa shape index (κ3) is 7.26. The Hall–Kier alpha value is -2.47. The summed E-state index contributed by atoms with van der Waals surface area (Å²) in [6, 6.07) is 22.2. The number of nitrogens with one attached hydrogen (secondary N) is 1. The van der Waals surface area contributed by atoms with Gasteiger partial charge in [0.2, 0.25) is 11.8 Å². The van der Waals surface area contributed by atoms with Gasteiger partial charge >= 0.3 is 0 Å². The van der Waals surface area contributed by atoms with Crippen LogP contribution in [0, 0.1) is 6.92 Å². The predicted molar refractivity (Wildman–Crippen MR) is 142 cm³/mol. The van der Waals surface area contributed by atoms with Crippen LogP contribution in [0.3, 0.4) is 0 Å². The van der Waals surface area contributed by atoms with Gasteiger partial charge in [-0.2, -0.15) is 0 Å². The van der Waals surface area contributed by atoms with Crippen molar-refractivity contribution in [2.45, 2.75) is 37.8 Å². The molecule has 0 aliphatic rings. The number of hydrogen-bond donors (Lipinski definition) is 1. The average Bonchev–Trinajstić information content (AvgIpc) is 2.83. The Balaban J connectivity index is 1.93. The fraction of sp³-hybridized carbons (Fsp3) is 0.259. The van der Waals surface area contributed by atoms with Crippen LogP contribution in [0.25, 0.3) is 0 Å². The summed E-state index contributed by atoms with van der Waals surface area (Å²) in [7, 11) is 0. The van der Waals surface area contributed by atoms with Crippen molar-refractivity contribution >= 4 is 46.8 Å². The molecule has 0 aliphatic carbocycles. The molecule has 0 fully saturated rings. The van der Waals surface area contributed by atoms with Crippen LogP contribution in [0.1, 0.15) is 23.6 Å². The van der Waals surface area contributed by atoms with Crippen molar-refractivity contribution in [2.75, 3.05) is 12.3 Å². The van der Waals surface area contributed by atoms with Crippen molar-refractivity contribution in [1.29, 1.82) is 0 Å². The zero-order valence-electron chi connectivity index (χ0n) is 19.3. The average molecular weight is 516 g/mol. The van der Waals surface area contributed by atoms with Gasteiger partial charge in [-0.05, 0) is 43.7 Å². The molecular weight excluding hydrogens is 487 g/mol. The van der Waals surface area contributed by atoms with E-state index in [9.17, 15) is 9.59 Å². The Kier molecular flexibility index (Phi) is 9.87. The van der Waals surface area contributed by atoms with Crippen LogP contribution in [0.4, 0.5) is 0 Å². The van der Waals surface area contributed by atoms with Gasteiger partial charge in [0, 0.05) is 40.0 Å². The number of rotatable bonds is 10. The topological polar surface area (TPSA) is 49.4 Å². The number of amides is 2. The quantitative estimate of drug-likeness (QED) is 0.329. The van der Waals surface area contributed by atoms with Gasteiger partial charge in [-0.25, -0.2) is 0 Å². The van der Waals surface area contributed by atoms with E-state index in [0.717, 1.165) is 16.0 Å². The predicted octanol–water partition coefficient (Wildman–Crippen LogP) is 6.17. The van der Waals surface area contributed by atoms with Gasteiger partial charge in [0.15, 0.2) is 0 Å². The second-order valence-corrected chi connectivity index (χ2v) is 9.79. The number of carbonyl (C=O) groups excluding carboxylic acids is 2. The lowest BCUT2D eigenvalue weighted by molar-refractivity contribution is -0.139. The maximum absolute atomic E-state index is 13.6. The molecule has 0 unspecified atom stereocenters. The van der Waals surface area contributed by atoms with Crippen molar-refractivity contribution in [3.8, 4) is 0 Å². The molecule has 0 saturated heterocycles. The number of likely N-dealkylation sites (N-methyl/N-ethyl adjacent to an activating group) is 1. The van der Waals surface area contributed by atoms with E-state index in [4.69, 9.17) is 23.2 Å². The fourth-order valence-electron chi connectivity index (χ4n) is 3.56. The lowest BCUT2D eigenvalue weighted by Gasteiger charge is -2.32. The zero-order valence-corrected chi connectivity index (χ0v) is 21.6.